The highest BCUT2D eigenvalue weighted by Crippen LogP contribution is 2.25. The average molecular weight is 195 g/mol. The second kappa shape index (κ2) is 4.39. The first-order chi connectivity index (χ1) is 7.42. The Bertz CT molecular complexity index is 417. The molecule has 2 heteroatoms. The molecule has 2 aromatic carbocycles. The maximum atomic E-state index is 9.06. The normalized spacial score (nSPS) is 9.87. The second-order valence-corrected chi connectivity index (χ2v) is 3.34. The first-order valence-corrected chi connectivity index (χ1v) is 4.86. The Morgan fingerprint density at radius 3 is 1.47 bits per heavy atom. The largest absolute Gasteiger partial charge is 0.364 e. The second-order valence-electron chi connectivity index (χ2n) is 3.34. The van der Waals surface area contributed by atoms with E-state index in [1.807, 2.05) is 60.7 Å². The molecule has 0 spiro atoms. The van der Waals surface area contributed by atoms with Gasteiger partial charge >= 0.3 is 6.04 Å². The van der Waals surface area contributed by atoms with Crippen LogP contribution >= 0.6 is 0 Å². The molecule has 72 valence electrons. The highest BCUT2D eigenvalue weighted by Gasteiger charge is 2.24. The molecular weight excluding hydrogens is 184 g/mol. The fourth-order valence-corrected chi connectivity index (χ4v) is 1.60. The van der Waals surface area contributed by atoms with Crippen molar-refractivity contribution in [3.63, 3.8) is 0 Å². The maximum Gasteiger partial charge on any atom is 0.364 e. The third-order valence-corrected chi connectivity index (χ3v) is 2.35. The van der Waals surface area contributed by atoms with Crippen LogP contribution in [0.5, 0.6) is 0 Å². The van der Waals surface area contributed by atoms with Gasteiger partial charge in [-0.2, -0.15) is 0 Å². The maximum absolute atomic E-state index is 9.06. The third-order valence-electron chi connectivity index (χ3n) is 2.35. The Hall–Kier alpha value is -2.14. The molecule has 0 aliphatic carbocycles. The van der Waals surface area contributed by atoms with Gasteiger partial charge in [0.05, 0.1) is 0 Å². The molecule has 0 bridgehead atoms. The summed E-state index contributed by atoms with van der Waals surface area (Å²) in [5, 5.41) is 9.06. The first kappa shape index (κ1) is 9.42. The molecule has 0 heterocycles. The number of nitrogens with zero attached hydrogens (tertiary/aromatic N) is 2. The SMILES string of the molecule is N#[N+]C(c1ccccc1)c1ccccc1. The quantitative estimate of drug-likeness (QED) is 0.672. The van der Waals surface area contributed by atoms with Crippen LogP contribution < -0.4 is 0 Å². The fourth-order valence-electron chi connectivity index (χ4n) is 1.60. The van der Waals surface area contributed by atoms with Crippen molar-refractivity contribution in [2.45, 2.75) is 6.04 Å². The van der Waals surface area contributed by atoms with Crippen molar-refractivity contribution in [1.29, 1.82) is 5.39 Å². The van der Waals surface area contributed by atoms with Gasteiger partial charge in [0.15, 0.2) is 0 Å². The van der Waals surface area contributed by atoms with Gasteiger partial charge < -0.3 is 0 Å². The number of hydrogen-bond acceptors (Lipinski definition) is 1. The zero-order valence-electron chi connectivity index (χ0n) is 8.25. The molecule has 0 amide bonds. The fraction of sp³-hybridized carbons (Fsp3) is 0.0769. The van der Waals surface area contributed by atoms with Crippen LogP contribution in [0.1, 0.15) is 17.2 Å². The summed E-state index contributed by atoms with van der Waals surface area (Å²) in [6, 6.07) is 19.2. The summed E-state index contributed by atoms with van der Waals surface area (Å²) >= 11 is 0. The van der Waals surface area contributed by atoms with Crippen molar-refractivity contribution in [2.24, 2.45) is 0 Å². The van der Waals surface area contributed by atoms with Gasteiger partial charge in [0.25, 0.3) is 0 Å². The highest BCUT2D eigenvalue weighted by molar-refractivity contribution is 5.33. The zero-order chi connectivity index (χ0) is 10.5. The Morgan fingerprint density at radius 1 is 0.733 bits per heavy atom. The molecule has 0 radical (unpaired) electrons. The Labute approximate surface area is 88.8 Å². The van der Waals surface area contributed by atoms with E-state index in [4.69, 9.17) is 5.39 Å². The standard InChI is InChI=1S/C13H11N2/c14-15-13(11-7-3-1-4-8-11)12-9-5-2-6-10-12/h1-10,13H/q+1. The summed E-state index contributed by atoms with van der Waals surface area (Å²) in [7, 11) is 0. The van der Waals surface area contributed by atoms with Crippen molar-refractivity contribution in [1.82, 2.24) is 0 Å². The molecule has 0 fully saturated rings. The predicted octanol–water partition coefficient (Wildman–Crippen LogP) is 3.63. The van der Waals surface area contributed by atoms with Crippen molar-refractivity contribution in [3.05, 3.63) is 76.8 Å². The Morgan fingerprint density at radius 2 is 1.13 bits per heavy atom. The van der Waals surface area contributed by atoms with Crippen molar-refractivity contribution in [3.8, 4) is 0 Å². The molecule has 0 saturated heterocycles. The number of diazo groups is 1. The van der Waals surface area contributed by atoms with Gasteiger partial charge in [0, 0.05) is 11.1 Å². The van der Waals surface area contributed by atoms with E-state index in [9.17, 15) is 0 Å². The summed E-state index contributed by atoms with van der Waals surface area (Å²) < 4.78 is 0. The molecule has 0 aromatic heterocycles. The molecule has 0 N–H and O–H groups in total. The van der Waals surface area contributed by atoms with Gasteiger partial charge in [-0.3, -0.25) is 0 Å². The Balaban J connectivity index is 2.39. The van der Waals surface area contributed by atoms with E-state index < -0.39 is 0 Å². The van der Waals surface area contributed by atoms with Crippen LogP contribution in [0.25, 0.3) is 4.98 Å². The van der Waals surface area contributed by atoms with Gasteiger partial charge in [-0.1, -0.05) is 60.7 Å². The van der Waals surface area contributed by atoms with Gasteiger partial charge in [0.2, 0.25) is 5.39 Å². The van der Waals surface area contributed by atoms with Gasteiger partial charge in [0.1, 0.15) is 4.98 Å². The van der Waals surface area contributed by atoms with Crippen LogP contribution in [0, 0.1) is 5.39 Å². The predicted molar refractivity (Wildman–Crippen MR) is 59.8 cm³/mol. The summed E-state index contributed by atoms with van der Waals surface area (Å²) in [6.07, 6.45) is 0. The van der Waals surface area contributed by atoms with Crippen LogP contribution in [0.4, 0.5) is 0 Å². The van der Waals surface area contributed by atoms with E-state index in [1.54, 1.807) is 0 Å². The van der Waals surface area contributed by atoms with E-state index >= 15 is 0 Å². The smallest absolute Gasteiger partial charge is 0.0622 e. The summed E-state index contributed by atoms with van der Waals surface area (Å²) in [6.45, 7) is 0. The van der Waals surface area contributed by atoms with E-state index in [-0.39, 0.29) is 6.04 Å². The summed E-state index contributed by atoms with van der Waals surface area (Å²) in [5.74, 6) is 0. The van der Waals surface area contributed by atoms with Gasteiger partial charge in [-0.15, -0.1) is 0 Å². The molecule has 0 unspecified atom stereocenters. The average Bonchev–Trinajstić information content (AvgIpc) is 2.33. The summed E-state index contributed by atoms with van der Waals surface area (Å²) in [4.78, 5) is 3.43. The lowest BCUT2D eigenvalue weighted by molar-refractivity contribution is 0.986. The van der Waals surface area contributed by atoms with Gasteiger partial charge in [-0.05, 0) is 0 Å². The van der Waals surface area contributed by atoms with Crippen LogP contribution in [-0.2, 0) is 0 Å². The molecule has 15 heavy (non-hydrogen) atoms. The lowest BCUT2D eigenvalue weighted by Crippen LogP contribution is -1.94. The number of hydrogen-bond donors (Lipinski definition) is 0. The topological polar surface area (TPSA) is 28.1 Å². The Kier molecular flexibility index (Phi) is 2.75. The highest BCUT2D eigenvalue weighted by atomic mass is 14.9. The van der Waals surface area contributed by atoms with Crippen LogP contribution in [0.2, 0.25) is 0 Å². The lowest BCUT2D eigenvalue weighted by Gasteiger charge is -1.99. The van der Waals surface area contributed by atoms with E-state index in [2.05, 4.69) is 4.98 Å². The van der Waals surface area contributed by atoms with Gasteiger partial charge in [-0.25, -0.2) is 0 Å². The van der Waals surface area contributed by atoms with Crippen LogP contribution in [-0.4, -0.2) is 0 Å². The van der Waals surface area contributed by atoms with E-state index in [0.717, 1.165) is 11.1 Å². The molecular formula is C13H11N2+. The van der Waals surface area contributed by atoms with Crippen molar-refractivity contribution >= 4 is 0 Å². The van der Waals surface area contributed by atoms with Crippen molar-refractivity contribution in [2.75, 3.05) is 0 Å². The molecule has 0 aliphatic rings. The van der Waals surface area contributed by atoms with E-state index in [1.165, 1.54) is 0 Å². The van der Waals surface area contributed by atoms with Crippen LogP contribution in [0.15, 0.2) is 60.7 Å². The van der Waals surface area contributed by atoms with Crippen molar-refractivity contribution < 1.29 is 0 Å². The summed E-state index contributed by atoms with van der Waals surface area (Å²) in [5.41, 5.74) is 1.98. The lowest BCUT2D eigenvalue weighted by atomic mass is 10.00. The minimum Gasteiger partial charge on any atom is -0.0622 e. The minimum atomic E-state index is -0.285. The number of rotatable bonds is 2. The molecule has 2 rings (SSSR count). The minimum absolute atomic E-state index is 0.285. The molecule has 2 nitrogen and oxygen atoms in total. The molecule has 2 aromatic rings. The monoisotopic (exact) mass is 195 g/mol. The first-order valence-electron chi connectivity index (χ1n) is 4.86. The van der Waals surface area contributed by atoms with E-state index in [0.29, 0.717) is 0 Å². The zero-order valence-corrected chi connectivity index (χ0v) is 8.25. The molecule has 0 atom stereocenters. The van der Waals surface area contributed by atoms with Crippen LogP contribution in [0.3, 0.4) is 0 Å². The number of benzene rings is 2. The third kappa shape index (κ3) is 2.03. The molecule has 0 saturated carbocycles. The molecule has 0 aliphatic heterocycles.